The number of rotatable bonds is 5. The van der Waals surface area contributed by atoms with Gasteiger partial charge in [-0.15, -0.1) is 5.10 Å². The van der Waals surface area contributed by atoms with Gasteiger partial charge in [-0.25, -0.2) is 0 Å². The van der Waals surface area contributed by atoms with Crippen LogP contribution in [0.2, 0.25) is 0 Å². The number of aromatic nitrogens is 2. The van der Waals surface area contributed by atoms with Crippen LogP contribution in [0.15, 0.2) is 28.7 Å². The van der Waals surface area contributed by atoms with Gasteiger partial charge < -0.3 is 9.15 Å². The van der Waals surface area contributed by atoms with Crippen LogP contribution in [0.5, 0.6) is 5.75 Å². The average Bonchev–Trinajstić information content (AvgIpc) is 2.84. The number of nitrogens with one attached hydrogen (secondary N) is 1. The predicted octanol–water partition coefficient (Wildman–Crippen LogP) is 2.41. The topological polar surface area (TPSA) is 77.3 Å². The van der Waals surface area contributed by atoms with E-state index in [4.69, 9.17) is 9.15 Å². The number of ether oxygens (including phenoxy) is 1. The van der Waals surface area contributed by atoms with Crippen molar-refractivity contribution >= 4 is 11.9 Å². The molecule has 0 unspecified atom stereocenters. The number of nitrogens with zero attached hydrogens (tertiary/aromatic N) is 2. The summed E-state index contributed by atoms with van der Waals surface area (Å²) in [5.74, 6) is 1.35. The van der Waals surface area contributed by atoms with Gasteiger partial charge in [0.25, 0.3) is 0 Å². The van der Waals surface area contributed by atoms with Crippen molar-refractivity contribution in [2.75, 3.05) is 12.4 Å². The van der Waals surface area contributed by atoms with Crippen molar-refractivity contribution in [1.29, 1.82) is 0 Å². The minimum atomic E-state index is -0.0269. The highest BCUT2D eigenvalue weighted by molar-refractivity contribution is 5.91. The lowest BCUT2D eigenvalue weighted by Gasteiger charge is -2.22. The van der Waals surface area contributed by atoms with Crippen LogP contribution in [0, 0.1) is 5.92 Å². The molecule has 0 saturated heterocycles. The molecule has 0 radical (unpaired) electrons. The van der Waals surface area contributed by atoms with Crippen molar-refractivity contribution < 1.29 is 13.9 Å². The Balaban J connectivity index is 1.60. The van der Waals surface area contributed by atoms with Gasteiger partial charge in [-0.3, -0.25) is 10.1 Å². The second-order valence-electron chi connectivity index (χ2n) is 5.14. The summed E-state index contributed by atoms with van der Waals surface area (Å²) >= 11 is 0. The Kier molecular flexibility index (Phi) is 3.85. The highest BCUT2D eigenvalue weighted by Crippen LogP contribution is 2.27. The summed E-state index contributed by atoms with van der Waals surface area (Å²) in [6.45, 7) is 0. The molecule has 0 atom stereocenters. The van der Waals surface area contributed by atoms with Gasteiger partial charge in [-0.2, -0.15) is 0 Å². The Labute approximate surface area is 122 Å². The maximum absolute atomic E-state index is 11.8. The first kappa shape index (κ1) is 13.6. The van der Waals surface area contributed by atoms with E-state index in [1.54, 1.807) is 7.11 Å². The summed E-state index contributed by atoms with van der Waals surface area (Å²) in [7, 11) is 1.63. The van der Waals surface area contributed by atoms with Crippen LogP contribution in [0.4, 0.5) is 6.01 Å². The van der Waals surface area contributed by atoms with Crippen molar-refractivity contribution in [3.05, 3.63) is 35.7 Å². The number of carbonyl (C=O) groups excluding carboxylic acids is 1. The first-order chi connectivity index (χ1) is 10.2. The van der Waals surface area contributed by atoms with E-state index in [9.17, 15) is 4.79 Å². The third kappa shape index (κ3) is 3.21. The van der Waals surface area contributed by atoms with Gasteiger partial charge in [0, 0.05) is 5.92 Å². The quantitative estimate of drug-likeness (QED) is 0.913. The van der Waals surface area contributed by atoms with Gasteiger partial charge >= 0.3 is 6.01 Å². The molecular weight excluding hydrogens is 270 g/mol. The minimum absolute atomic E-state index is 0.0269. The first-order valence-electron chi connectivity index (χ1n) is 7.01. The van der Waals surface area contributed by atoms with E-state index in [1.807, 2.05) is 24.3 Å². The van der Waals surface area contributed by atoms with Crippen LogP contribution in [0.25, 0.3) is 0 Å². The Morgan fingerprint density at radius 2 is 2.10 bits per heavy atom. The maximum Gasteiger partial charge on any atom is 0.322 e. The molecule has 6 heteroatoms. The van der Waals surface area contributed by atoms with E-state index >= 15 is 0 Å². The van der Waals surface area contributed by atoms with E-state index in [1.165, 1.54) is 0 Å². The van der Waals surface area contributed by atoms with E-state index in [0.717, 1.165) is 30.6 Å². The Morgan fingerprint density at radius 3 is 2.71 bits per heavy atom. The number of hydrogen-bond acceptors (Lipinski definition) is 5. The smallest absolute Gasteiger partial charge is 0.322 e. The number of hydrogen-bond donors (Lipinski definition) is 1. The van der Waals surface area contributed by atoms with Crippen molar-refractivity contribution in [2.24, 2.45) is 5.92 Å². The standard InChI is InChI=1S/C15H17N3O3/c1-20-12-7-5-10(6-8-12)9-13-17-18-15(21-13)16-14(19)11-3-2-4-11/h5-8,11H,2-4,9H2,1H3,(H,16,18,19). The maximum atomic E-state index is 11.8. The van der Waals surface area contributed by atoms with E-state index in [2.05, 4.69) is 15.5 Å². The largest absolute Gasteiger partial charge is 0.497 e. The molecule has 0 aliphatic heterocycles. The molecule has 0 bridgehead atoms. The third-order valence-corrected chi connectivity index (χ3v) is 3.69. The van der Waals surface area contributed by atoms with Crippen LogP contribution in [-0.4, -0.2) is 23.2 Å². The highest BCUT2D eigenvalue weighted by Gasteiger charge is 2.26. The van der Waals surface area contributed by atoms with Crippen molar-refractivity contribution in [1.82, 2.24) is 10.2 Å². The Hall–Kier alpha value is -2.37. The van der Waals surface area contributed by atoms with E-state index < -0.39 is 0 Å². The average molecular weight is 287 g/mol. The molecule has 0 spiro atoms. The van der Waals surface area contributed by atoms with Gasteiger partial charge in [-0.1, -0.05) is 23.7 Å². The van der Waals surface area contributed by atoms with Gasteiger partial charge in [0.15, 0.2) is 0 Å². The van der Waals surface area contributed by atoms with Crippen LogP contribution in [0.3, 0.4) is 0 Å². The fourth-order valence-corrected chi connectivity index (χ4v) is 2.17. The van der Waals surface area contributed by atoms with Gasteiger partial charge in [0.1, 0.15) is 5.75 Å². The zero-order valence-electron chi connectivity index (χ0n) is 11.8. The zero-order chi connectivity index (χ0) is 14.7. The molecule has 1 aromatic heterocycles. The molecule has 1 heterocycles. The number of methoxy groups -OCH3 is 1. The SMILES string of the molecule is COc1ccc(Cc2nnc(NC(=O)C3CCC3)o2)cc1. The van der Waals surface area contributed by atoms with Gasteiger partial charge in [0.05, 0.1) is 13.5 Å². The molecule has 1 aliphatic carbocycles. The lowest BCUT2D eigenvalue weighted by Crippen LogP contribution is -2.28. The van der Waals surface area contributed by atoms with Crippen molar-refractivity contribution in [3.8, 4) is 5.75 Å². The van der Waals surface area contributed by atoms with Gasteiger partial charge in [0.2, 0.25) is 11.8 Å². The fraction of sp³-hybridized carbons (Fsp3) is 0.400. The van der Waals surface area contributed by atoms with Crippen molar-refractivity contribution in [3.63, 3.8) is 0 Å². The lowest BCUT2D eigenvalue weighted by molar-refractivity contribution is -0.122. The molecule has 6 nitrogen and oxygen atoms in total. The third-order valence-electron chi connectivity index (χ3n) is 3.69. The summed E-state index contributed by atoms with van der Waals surface area (Å²) in [5.41, 5.74) is 1.04. The van der Waals surface area contributed by atoms with E-state index in [0.29, 0.717) is 12.3 Å². The monoisotopic (exact) mass is 287 g/mol. The second kappa shape index (κ2) is 5.95. The summed E-state index contributed by atoms with van der Waals surface area (Å²) in [4.78, 5) is 11.8. The number of benzene rings is 1. The van der Waals surface area contributed by atoms with Crippen LogP contribution < -0.4 is 10.1 Å². The molecular formula is C15H17N3O3. The van der Waals surface area contributed by atoms with Crippen LogP contribution in [0.1, 0.15) is 30.7 Å². The van der Waals surface area contributed by atoms with Gasteiger partial charge in [-0.05, 0) is 30.5 Å². The molecule has 21 heavy (non-hydrogen) atoms. The summed E-state index contributed by atoms with van der Waals surface area (Å²) in [6.07, 6.45) is 3.53. The first-order valence-corrected chi connectivity index (χ1v) is 7.01. The molecule has 110 valence electrons. The normalized spacial score (nSPS) is 14.5. The lowest BCUT2D eigenvalue weighted by atomic mass is 9.85. The molecule has 1 aromatic carbocycles. The number of amides is 1. The zero-order valence-corrected chi connectivity index (χ0v) is 11.8. The Bertz CT molecular complexity index is 617. The predicted molar refractivity (Wildman–Crippen MR) is 76.1 cm³/mol. The minimum Gasteiger partial charge on any atom is -0.497 e. The van der Waals surface area contributed by atoms with Crippen LogP contribution >= 0.6 is 0 Å². The number of anilines is 1. The highest BCUT2D eigenvalue weighted by atomic mass is 16.5. The summed E-state index contributed by atoms with van der Waals surface area (Å²) < 4.78 is 10.6. The van der Waals surface area contributed by atoms with Crippen LogP contribution in [-0.2, 0) is 11.2 Å². The molecule has 1 fully saturated rings. The Morgan fingerprint density at radius 1 is 1.33 bits per heavy atom. The molecule has 1 amide bonds. The van der Waals surface area contributed by atoms with E-state index in [-0.39, 0.29) is 17.8 Å². The molecule has 2 aromatic rings. The molecule has 1 N–H and O–H groups in total. The molecule has 1 saturated carbocycles. The molecule has 3 rings (SSSR count). The summed E-state index contributed by atoms with van der Waals surface area (Å²) in [6, 6.07) is 7.82. The van der Waals surface area contributed by atoms with Crippen molar-refractivity contribution in [2.45, 2.75) is 25.7 Å². The molecule has 1 aliphatic rings. The fourth-order valence-electron chi connectivity index (χ4n) is 2.17. The number of carbonyl (C=O) groups is 1. The summed E-state index contributed by atoms with van der Waals surface area (Å²) in [5, 5.41) is 10.5. The second-order valence-corrected chi connectivity index (χ2v) is 5.14.